The first kappa shape index (κ1) is 33.9. The maximum absolute atomic E-state index is 12.7. The molecule has 5 rings (SSSR count). The van der Waals surface area contributed by atoms with Crippen molar-refractivity contribution in [2.24, 2.45) is 34.5 Å². The number of hydrogen-bond acceptors (Lipinski definition) is 5. The van der Waals surface area contributed by atoms with Gasteiger partial charge in [0.05, 0.1) is 12.7 Å². The normalized spacial score (nSPS) is 35.9. The van der Waals surface area contributed by atoms with Crippen molar-refractivity contribution in [3.05, 3.63) is 47.5 Å². The number of carbonyl (C=O) groups excluding carboxylic acids is 1. The van der Waals surface area contributed by atoms with E-state index in [0.29, 0.717) is 30.9 Å². The number of fused-ring (bicyclic) bond motifs is 5. The van der Waals surface area contributed by atoms with Crippen molar-refractivity contribution in [1.29, 1.82) is 0 Å². The fraction of sp³-hybridized carbons (Fsp3) is 0.763. The van der Waals surface area contributed by atoms with Crippen LogP contribution in [0.15, 0.2) is 42.0 Å². The van der Waals surface area contributed by atoms with Crippen molar-refractivity contribution in [1.82, 2.24) is 5.32 Å². The second kappa shape index (κ2) is 12.3. The molecule has 9 atom stereocenters. The summed E-state index contributed by atoms with van der Waals surface area (Å²) in [6, 6.07) is 9.57. The molecule has 2 N–H and O–H groups in total. The summed E-state index contributed by atoms with van der Waals surface area (Å²) in [6.07, 6.45) is 12.9. The quantitative estimate of drug-likeness (QED) is 0.165. The molecule has 6 heteroatoms. The van der Waals surface area contributed by atoms with Gasteiger partial charge in [0.2, 0.25) is 0 Å². The number of carbonyl (C=O) groups is 1. The van der Waals surface area contributed by atoms with E-state index in [1.807, 2.05) is 37.3 Å². The molecule has 1 aromatic rings. The molecular weight excluding hydrogens is 563 g/mol. The minimum absolute atomic E-state index is 0.108. The lowest BCUT2D eigenvalue weighted by Crippen LogP contribution is -2.56. The first-order valence-electron chi connectivity index (χ1n) is 17.5. The molecular formula is C38H61NO4Si. The monoisotopic (exact) mass is 623 g/mol. The maximum atomic E-state index is 12.7. The molecule has 0 heterocycles. The molecule has 0 radical (unpaired) electrons. The fourth-order valence-electron chi connectivity index (χ4n) is 10.0. The molecule has 3 saturated carbocycles. The Morgan fingerprint density at radius 2 is 1.75 bits per heavy atom. The minimum Gasteiger partial charge on any atom is -0.468 e. The first-order chi connectivity index (χ1) is 20.5. The number of rotatable bonds is 9. The van der Waals surface area contributed by atoms with E-state index < -0.39 is 20.0 Å². The van der Waals surface area contributed by atoms with Crippen LogP contribution in [0, 0.1) is 34.5 Å². The van der Waals surface area contributed by atoms with E-state index in [1.165, 1.54) is 45.6 Å². The van der Waals surface area contributed by atoms with Gasteiger partial charge < -0.3 is 19.6 Å². The van der Waals surface area contributed by atoms with Crippen LogP contribution in [0.4, 0.5) is 0 Å². The van der Waals surface area contributed by atoms with Gasteiger partial charge in [-0.3, -0.25) is 4.79 Å². The number of aliphatic hydroxyl groups is 1. The Morgan fingerprint density at radius 1 is 1.05 bits per heavy atom. The van der Waals surface area contributed by atoms with Gasteiger partial charge in [0.25, 0.3) is 0 Å². The van der Waals surface area contributed by atoms with Gasteiger partial charge in [-0.2, -0.15) is 0 Å². The lowest BCUT2D eigenvalue weighted by Gasteiger charge is -2.59. The van der Waals surface area contributed by atoms with Crippen LogP contribution in [-0.4, -0.2) is 50.8 Å². The van der Waals surface area contributed by atoms with Gasteiger partial charge in [0.15, 0.2) is 8.32 Å². The van der Waals surface area contributed by atoms with E-state index in [4.69, 9.17) is 9.16 Å². The van der Waals surface area contributed by atoms with Crippen molar-refractivity contribution in [3.8, 4) is 0 Å². The van der Waals surface area contributed by atoms with Crippen molar-refractivity contribution < 1.29 is 19.1 Å². The van der Waals surface area contributed by atoms with Crippen LogP contribution in [0.3, 0.4) is 0 Å². The van der Waals surface area contributed by atoms with Crippen molar-refractivity contribution >= 4 is 14.3 Å². The highest BCUT2D eigenvalue weighted by molar-refractivity contribution is 6.74. The number of esters is 1. The Kier molecular flexibility index (Phi) is 9.45. The Hall–Kier alpha value is -1.47. The summed E-state index contributed by atoms with van der Waals surface area (Å²) >= 11 is 0. The molecule has 246 valence electrons. The molecule has 0 aromatic heterocycles. The van der Waals surface area contributed by atoms with E-state index in [-0.39, 0.29) is 27.8 Å². The van der Waals surface area contributed by atoms with Crippen LogP contribution in [0.2, 0.25) is 18.1 Å². The highest BCUT2D eigenvalue weighted by Crippen LogP contribution is 2.67. The molecule has 44 heavy (non-hydrogen) atoms. The number of nitrogens with one attached hydrogen (secondary N) is 1. The van der Waals surface area contributed by atoms with Crippen LogP contribution in [0.25, 0.3) is 0 Å². The van der Waals surface area contributed by atoms with Gasteiger partial charge >= 0.3 is 5.97 Å². The van der Waals surface area contributed by atoms with Crippen LogP contribution < -0.4 is 5.32 Å². The largest absolute Gasteiger partial charge is 0.468 e. The van der Waals surface area contributed by atoms with E-state index in [2.05, 4.69) is 59.1 Å². The van der Waals surface area contributed by atoms with Gasteiger partial charge in [0, 0.05) is 12.6 Å². The molecule has 3 fully saturated rings. The van der Waals surface area contributed by atoms with Crippen LogP contribution in [-0.2, 0) is 20.4 Å². The van der Waals surface area contributed by atoms with Crippen LogP contribution >= 0.6 is 0 Å². The topological polar surface area (TPSA) is 67.8 Å². The molecule has 4 aliphatic carbocycles. The zero-order valence-electron chi connectivity index (χ0n) is 29.2. The molecule has 0 amide bonds. The molecule has 5 nitrogen and oxygen atoms in total. The summed E-state index contributed by atoms with van der Waals surface area (Å²) < 4.78 is 12.1. The highest BCUT2D eigenvalue weighted by atomic mass is 28.4. The lowest BCUT2D eigenvalue weighted by molar-refractivity contribution is -0.143. The Morgan fingerprint density at radius 3 is 2.41 bits per heavy atom. The molecule has 4 unspecified atom stereocenters. The predicted octanol–water partition coefficient (Wildman–Crippen LogP) is 8.08. The van der Waals surface area contributed by atoms with Crippen molar-refractivity contribution in [2.75, 3.05) is 13.7 Å². The van der Waals surface area contributed by atoms with Crippen LogP contribution in [0.5, 0.6) is 0 Å². The Balaban J connectivity index is 1.27. The molecule has 0 saturated heterocycles. The smallest absolute Gasteiger partial charge is 0.323 e. The summed E-state index contributed by atoms with van der Waals surface area (Å²) in [5, 5.41) is 15.7. The zero-order chi connectivity index (χ0) is 32.1. The second-order valence-corrected chi connectivity index (χ2v) is 21.9. The number of hydrogen-bond donors (Lipinski definition) is 2. The molecule has 0 spiro atoms. The summed E-state index contributed by atoms with van der Waals surface area (Å²) in [5.74, 6) is 1.98. The van der Waals surface area contributed by atoms with E-state index in [9.17, 15) is 9.90 Å². The number of allylic oxidation sites excluding steroid dienone is 1. The van der Waals surface area contributed by atoms with E-state index >= 15 is 0 Å². The van der Waals surface area contributed by atoms with Gasteiger partial charge in [0.1, 0.15) is 6.04 Å². The average Bonchev–Trinajstić information content (AvgIpc) is 3.33. The SMILES string of the molecule is COC(=O)C(Cc1ccccc1)NCC(C)(O)C1CC[C@H]2[C@@H]3CC=C4CC(O[Si](C)(C)C(C)(C)C)CC[C@]4(C)[C@H]3CC[C@]12C. The van der Waals surface area contributed by atoms with Gasteiger partial charge in [-0.1, -0.05) is 76.6 Å². The summed E-state index contributed by atoms with van der Waals surface area (Å²) in [4.78, 5) is 12.7. The van der Waals surface area contributed by atoms with E-state index in [0.717, 1.165) is 24.3 Å². The second-order valence-electron chi connectivity index (χ2n) is 17.2. The molecule has 4 aliphatic rings. The third-order valence-corrected chi connectivity index (χ3v) is 18.1. The average molecular weight is 624 g/mol. The van der Waals surface area contributed by atoms with E-state index in [1.54, 1.807) is 5.57 Å². The summed E-state index contributed by atoms with van der Waals surface area (Å²) in [5.41, 5.74) is 2.25. The minimum atomic E-state index is -1.79. The first-order valence-corrected chi connectivity index (χ1v) is 20.4. The maximum Gasteiger partial charge on any atom is 0.323 e. The van der Waals surface area contributed by atoms with Crippen LogP contribution in [0.1, 0.15) is 98.5 Å². The number of ether oxygens (including phenoxy) is 1. The lowest BCUT2D eigenvalue weighted by atomic mass is 9.47. The Bertz CT molecular complexity index is 1200. The Labute approximate surface area is 269 Å². The third-order valence-electron chi connectivity index (χ3n) is 13.6. The molecule has 0 aliphatic heterocycles. The standard InChI is InChI=1S/C38H61NO4Si/c1-35(2,3)44(8,9)43-28-19-21-36(4)27(24-28)15-16-29-30-17-18-33(37(30,5)22-20-31(29)36)38(6,41)25-39-32(34(40)42-7)23-26-13-11-10-12-14-26/h10-15,28-33,39,41H,16-25H2,1-9H3/t28?,29-,30-,31-,32?,33?,36-,37-,38?/m0/s1. The zero-order valence-corrected chi connectivity index (χ0v) is 30.2. The van der Waals surface area contributed by atoms with Gasteiger partial charge in [-0.25, -0.2) is 0 Å². The van der Waals surface area contributed by atoms with Gasteiger partial charge in [-0.15, -0.1) is 0 Å². The highest BCUT2D eigenvalue weighted by Gasteiger charge is 2.61. The molecule has 1 aromatic carbocycles. The van der Waals surface area contributed by atoms with Crippen molar-refractivity contribution in [3.63, 3.8) is 0 Å². The fourth-order valence-corrected chi connectivity index (χ4v) is 11.4. The predicted molar refractivity (Wildman–Crippen MR) is 182 cm³/mol. The summed E-state index contributed by atoms with van der Waals surface area (Å²) in [7, 11) is -0.341. The molecule has 0 bridgehead atoms. The van der Waals surface area contributed by atoms with Gasteiger partial charge in [-0.05, 0) is 123 Å². The third kappa shape index (κ3) is 6.27. The van der Waals surface area contributed by atoms with Crippen molar-refractivity contribution in [2.45, 2.75) is 135 Å². The number of methoxy groups -OCH3 is 1. The summed E-state index contributed by atoms with van der Waals surface area (Å²) in [6.45, 7) is 19.3. The number of benzene rings is 1.